The maximum Gasteiger partial charge on any atom is 0.204 e. The van der Waals surface area contributed by atoms with Gasteiger partial charge in [-0.05, 0) is 6.92 Å². The Hall–Kier alpha value is -2.38. The van der Waals surface area contributed by atoms with E-state index in [0.29, 0.717) is 23.9 Å². The minimum absolute atomic E-state index is 0.618. The van der Waals surface area contributed by atoms with Gasteiger partial charge in [0.25, 0.3) is 0 Å². The lowest BCUT2D eigenvalue weighted by Gasteiger charge is -2.13. The first kappa shape index (κ1) is 14.0. The van der Waals surface area contributed by atoms with Crippen molar-refractivity contribution in [1.29, 1.82) is 0 Å². The summed E-state index contributed by atoms with van der Waals surface area (Å²) in [4.78, 5) is 8.36. The van der Waals surface area contributed by atoms with Crippen LogP contribution in [0.1, 0.15) is 12.7 Å². The molecule has 8 heteroatoms. The molecule has 8 nitrogen and oxygen atoms in total. The molecule has 0 saturated heterocycles. The van der Waals surface area contributed by atoms with Gasteiger partial charge < -0.3 is 19.9 Å². The highest BCUT2D eigenvalue weighted by molar-refractivity contribution is 5.63. The van der Waals surface area contributed by atoms with Crippen LogP contribution in [0.3, 0.4) is 0 Å². The van der Waals surface area contributed by atoms with Gasteiger partial charge in [-0.25, -0.2) is 9.97 Å². The molecule has 0 saturated carbocycles. The Morgan fingerprint density at radius 1 is 1.25 bits per heavy atom. The first-order valence-corrected chi connectivity index (χ1v) is 6.45. The van der Waals surface area contributed by atoms with Crippen molar-refractivity contribution in [3.8, 4) is 5.75 Å². The molecule has 2 heterocycles. The summed E-state index contributed by atoms with van der Waals surface area (Å²) >= 11 is 0. The molecular formula is C12H19N7O. The second kappa shape index (κ2) is 6.69. The van der Waals surface area contributed by atoms with Crippen LogP contribution in [0.25, 0.3) is 0 Å². The van der Waals surface area contributed by atoms with E-state index in [1.165, 1.54) is 6.33 Å². The Balaban J connectivity index is 2.02. The normalized spacial score (nSPS) is 10.3. The number of ether oxygens (including phenoxy) is 1. The number of aromatic nitrogens is 5. The molecule has 0 spiro atoms. The zero-order chi connectivity index (χ0) is 14.4. The van der Waals surface area contributed by atoms with Crippen molar-refractivity contribution in [2.75, 3.05) is 30.8 Å². The predicted molar refractivity (Wildman–Crippen MR) is 75.9 cm³/mol. The average Bonchev–Trinajstić information content (AvgIpc) is 2.85. The summed E-state index contributed by atoms with van der Waals surface area (Å²) in [7, 11) is 3.53. The topological polar surface area (TPSA) is 89.8 Å². The lowest BCUT2D eigenvalue weighted by Crippen LogP contribution is -2.12. The van der Waals surface area contributed by atoms with Gasteiger partial charge in [0.05, 0.1) is 7.11 Å². The zero-order valence-electron chi connectivity index (χ0n) is 11.9. The SMILES string of the molecule is CCNc1ncnc(NCCc2nncn2C)c1OC. The van der Waals surface area contributed by atoms with Crippen LogP contribution in [-0.4, -0.2) is 44.9 Å². The standard InChI is InChI=1S/C12H19N7O/c1-4-13-11-10(20-3)12(16-7-15-11)14-6-5-9-18-17-8-19(9)2/h7-8H,4-6H2,1-3H3,(H2,13,14,15,16). The van der Waals surface area contributed by atoms with Gasteiger partial charge in [0.2, 0.25) is 5.75 Å². The smallest absolute Gasteiger partial charge is 0.204 e. The first-order chi connectivity index (χ1) is 9.76. The molecular weight excluding hydrogens is 258 g/mol. The molecule has 0 fully saturated rings. The van der Waals surface area contributed by atoms with Crippen molar-refractivity contribution in [2.24, 2.45) is 7.05 Å². The number of hydrogen-bond acceptors (Lipinski definition) is 7. The van der Waals surface area contributed by atoms with Crippen molar-refractivity contribution in [3.05, 3.63) is 18.5 Å². The third kappa shape index (κ3) is 3.14. The van der Waals surface area contributed by atoms with Gasteiger partial charge in [-0.2, -0.15) is 0 Å². The Bertz CT molecular complexity index is 554. The number of nitrogens with zero attached hydrogens (tertiary/aromatic N) is 5. The van der Waals surface area contributed by atoms with Crippen molar-refractivity contribution in [3.63, 3.8) is 0 Å². The molecule has 0 aliphatic carbocycles. The van der Waals surface area contributed by atoms with E-state index < -0.39 is 0 Å². The summed E-state index contributed by atoms with van der Waals surface area (Å²) in [5.74, 6) is 2.89. The van der Waals surface area contributed by atoms with Crippen molar-refractivity contribution >= 4 is 11.6 Å². The van der Waals surface area contributed by atoms with Crippen LogP contribution < -0.4 is 15.4 Å². The number of anilines is 2. The molecule has 0 radical (unpaired) electrons. The van der Waals surface area contributed by atoms with E-state index in [4.69, 9.17) is 4.74 Å². The fourth-order valence-corrected chi connectivity index (χ4v) is 1.81. The van der Waals surface area contributed by atoms with Crippen molar-refractivity contribution < 1.29 is 4.74 Å². The highest BCUT2D eigenvalue weighted by Gasteiger charge is 2.11. The molecule has 0 aromatic carbocycles. The van der Waals surface area contributed by atoms with E-state index in [2.05, 4.69) is 30.8 Å². The van der Waals surface area contributed by atoms with Crippen LogP contribution in [0.5, 0.6) is 5.75 Å². The minimum atomic E-state index is 0.618. The molecule has 2 aromatic heterocycles. The van der Waals surface area contributed by atoms with Crippen LogP contribution in [0.15, 0.2) is 12.7 Å². The highest BCUT2D eigenvalue weighted by Crippen LogP contribution is 2.28. The van der Waals surface area contributed by atoms with Crippen molar-refractivity contribution in [2.45, 2.75) is 13.3 Å². The molecule has 0 atom stereocenters. The molecule has 108 valence electrons. The number of aryl methyl sites for hydroxylation is 1. The molecule has 20 heavy (non-hydrogen) atoms. The second-order valence-electron chi connectivity index (χ2n) is 4.17. The van der Waals surface area contributed by atoms with Gasteiger partial charge in [0, 0.05) is 26.6 Å². The molecule has 0 aliphatic heterocycles. The third-order valence-corrected chi connectivity index (χ3v) is 2.80. The monoisotopic (exact) mass is 277 g/mol. The molecule has 2 aromatic rings. The average molecular weight is 277 g/mol. The van der Waals surface area contributed by atoms with Gasteiger partial charge in [-0.3, -0.25) is 0 Å². The fraction of sp³-hybridized carbons (Fsp3) is 0.500. The van der Waals surface area contributed by atoms with Gasteiger partial charge in [-0.1, -0.05) is 0 Å². The summed E-state index contributed by atoms with van der Waals surface area (Å²) in [5, 5.41) is 14.2. The lowest BCUT2D eigenvalue weighted by atomic mass is 10.4. The van der Waals surface area contributed by atoms with Gasteiger partial charge in [0.1, 0.15) is 18.5 Å². The summed E-state index contributed by atoms with van der Waals surface area (Å²) in [6.07, 6.45) is 3.94. The first-order valence-electron chi connectivity index (χ1n) is 6.45. The van der Waals surface area contributed by atoms with E-state index in [1.54, 1.807) is 13.4 Å². The predicted octanol–water partition coefficient (Wildman–Crippen LogP) is 0.700. The number of hydrogen-bond donors (Lipinski definition) is 2. The Kier molecular flexibility index (Phi) is 4.70. The Labute approximate surface area is 117 Å². The molecule has 0 bridgehead atoms. The highest BCUT2D eigenvalue weighted by atomic mass is 16.5. The van der Waals surface area contributed by atoms with Gasteiger partial charge in [0.15, 0.2) is 11.6 Å². The maximum absolute atomic E-state index is 5.36. The van der Waals surface area contributed by atoms with E-state index in [9.17, 15) is 0 Å². The molecule has 0 amide bonds. The van der Waals surface area contributed by atoms with Crippen LogP contribution in [0, 0.1) is 0 Å². The van der Waals surface area contributed by atoms with Crippen LogP contribution in [-0.2, 0) is 13.5 Å². The Morgan fingerprint density at radius 3 is 2.60 bits per heavy atom. The fourth-order valence-electron chi connectivity index (χ4n) is 1.81. The van der Waals surface area contributed by atoms with Crippen molar-refractivity contribution in [1.82, 2.24) is 24.7 Å². The van der Waals surface area contributed by atoms with E-state index >= 15 is 0 Å². The minimum Gasteiger partial charge on any atom is -0.490 e. The number of methoxy groups -OCH3 is 1. The zero-order valence-corrected chi connectivity index (χ0v) is 11.9. The Morgan fingerprint density at radius 2 is 2.00 bits per heavy atom. The molecule has 0 aliphatic rings. The van der Waals surface area contributed by atoms with E-state index in [1.807, 2.05) is 18.5 Å². The second-order valence-corrected chi connectivity index (χ2v) is 4.17. The number of nitrogens with one attached hydrogen (secondary N) is 2. The van der Waals surface area contributed by atoms with Crippen LogP contribution in [0.2, 0.25) is 0 Å². The van der Waals surface area contributed by atoms with Crippen LogP contribution in [0.4, 0.5) is 11.6 Å². The molecule has 2 rings (SSSR count). The third-order valence-electron chi connectivity index (χ3n) is 2.80. The maximum atomic E-state index is 5.36. The summed E-state index contributed by atoms with van der Waals surface area (Å²) in [6, 6.07) is 0. The lowest BCUT2D eigenvalue weighted by molar-refractivity contribution is 0.414. The quantitative estimate of drug-likeness (QED) is 0.770. The number of rotatable bonds is 7. The van der Waals surface area contributed by atoms with Gasteiger partial charge >= 0.3 is 0 Å². The molecule has 2 N–H and O–H groups in total. The summed E-state index contributed by atoms with van der Waals surface area (Å²) < 4.78 is 7.25. The van der Waals surface area contributed by atoms with Gasteiger partial charge in [-0.15, -0.1) is 10.2 Å². The van der Waals surface area contributed by atoms with E-state index in [-0.39, 0.29) is 0 Å². The van der Waals surface area contributed by atoms with E-state index in [0.717, 1.165) is 18.8 Å². The van der Waals surface area contributed by atoms with Crippen LogP contribution >= 0.6 is 0 Å². The largest absolute Gasteiger partial charge is 0.490 e. The summed E-state index contributed by atoms with van der Waals surface area (Å²) in [6.45, 7) is 3.46. The molecule has 0 unspecified atom stereocenters. The summed E-state index contributed by atoms with van der Waals surface area (Å²) in [5.41, 5.74) is 0.